The van der Waals surface area contributed by atoms with E-state index in [1.165, 1.54) is 0 Å². The fourth-order valence-electron chi connectivity index (χ4n) is 2.06. The molecule has 0 fully saturated rings. The summed E-state index contributed by atoms with van der Waals surface area (Å²) in [6, 6.07) is 7.61. The van der Waals surface area contributed by atoms with Gasteiger partial charge >= 0.3 is 0 Å². The fraction of sp³-hybridized carbons (Fsp3) is 0.0769. The van der Waals surface area contributed by atoms with Crippen LogP contribution in [-0.4, -0.2) is 16.1 Å². The molecule has 18 heavy (non-hydrogen) atoms. The van der Waals surface area contributed by atoms with Crippen molar-refractivity contribution in [3.63, 3.8) is 0 Å². The average Bonchev–Trinajstić information content (AvgIpc) is 2.94. The lowest BCUT2D eigenvalue weighted by atomic mass is 10.0. The van der Waals surface area contributed by atoms with E-state index in [1.807, 2.05) is 25.1 Å². The van der Waals surface area contributed by atoms with Gasteiger partial charge in [-0.05, 0) is 18.6 Å². The van der Waals surface area contributed by atoms with Crippen molar-refractivity contribution >= 4 is 23.0 Å². The number of carbonyl (C=O) groups excluding carboxylic acids is 1. The zero-order chi connectivity index (χ0) is 12.5. The summed E-state index contributed by atoms with van der Waals surface area (Å²) in [7, 11) is 0. The SMILES string of the molecule is Cc1cccc2c1/C(=C\Nc1cc[nH]n1)C(=O)N2. The highest BCUT2D eigenvalue weighted by Crippen LogP contribution is 2.33. The Hall–Kier alpha value is -2.56. The van der Waals surface area contributed by atoms with Gasteiger partial charge in [-0.3, -0.25) is 9.89 Å². The molecule has 1 aliphatic rings. The van der Waals surface area contributed by atoms with Crippen molar-refractivity contribution in [3.8, 4) is 0 Å². The lowest BCUT2D eigenvalue weighted by Crippen LogP contribution is -2.05. The summed E-state index contributed by atoms with van der Waals surface area (Å²) in [5.74, 6) is 0.583. The predicted octanol–water partition coefficient (Wildman–Crippen LogP) is 2.12. The van der Waals surface area contributed by atoms with Gasteiger partial charge in [0.25, 0.3) is 5.91 Å². The minimum absolute atomic E-state index is 0.0951. The molecule has 0 radical (unpaired) electrons. The topological polar surface area (TPSA) is 69.8 Å². The number of fused-ring (bicyclic) bond motifs is 1. The van der Waals surface area contributed by atoms with E-state index >= 15 is 0 Å². The molecule has 3 rings (SSSR count). The summed E-state index contributed by atoms with van der Waals surface area (Å²) >= 11 is 0. The molecule has 0 unspecified atom stereocenters. The number of amides is 1. The molecular formula is C13H12N4O. The quantitative estimate of drug-likeness (QED) is 0.704. The Balaban J connectivity index is 1.98. The van der Waals surface area contributed by atoms with Gasteiger partial charge in [0.1, 0.15) is 0 Å². The molecule has 0 spiro atoms. The number of nitrogens with zero attached hydrogens (tertiary/aromatic N) is 1. The maximum atomic E-state index is 11.9. The molecule has 1 aromatic heterocycles. The summed E-state index contributed by atoms with van der Waals surface area (Å²) in [5.41, 5.74) is 3.51. The number of hydrogen-bond acceptors (Lipinski definition) is 3. The van der Waals surface area contributed by atoms with Gasteiger partial charge in [0, 0.05) is 29.7 Å². The van der Waals surface area contributed by atoms with Crippen LogP contribution in [0.1, 0.15) is 11.1 Å². The van der Waals surface area contributed by atoms with Crippen molar-refractivity contribution in [2.24, 2.45) is 0 Å². The van der Waals surface area contributed by atoms with E-state index in [1.54, 1.807) is 18.5 Å². The van der Waals surface area contributed by atoms with Crippen molar-refractivity contribution in [2.75, 3.05) is 10.6 Å². The third-order valence-corrected chi connectivity index (χ3v) is 2.90. The predicted molar refractivity (Wildman–Crippen MR) is 70.0 cm³/mol. The number of nitrogens with one attached hydrogen (secondary N) is 3. The second kappa shape index (κ2) is 4.03. The minimum Gasteiger partial charge on any atom is -0.344 e. The molecule has 1 aromatic carbocycles. The Morgan fingerprint density at radius 2 is 2.22 bits per heavy atom. The van der Waals surface area contributed by atoms with Gasteiger partial charge < -0.3 is 10.6 Å². The van der Waals surface area contributed by atoms with Crippen molar-refractivity contribution in [1.29, 1.82) is 0 Å². The molecule has 0 atom stereocenters. The van der Waals surface area contributed by atoms with Crippen molar-refractivity contribution in [2.45, 2.75) is 6.92 Å². The Bertz CT molecular complexity index is 628. The first-order valence-electron chi connectivity index (χ1n) is 5.63. The van der Waals surface area contributed by atoms with E-state index in [9.17, 15) is 4.79 Å². The minimum atomic E-state index is -0.0951. The van der Waals surface area contributed by atoms with Crippen LogP contribution >= 0.6 is 0 Å². The summed E-state index contributed by atoms with van der Waals surface area (Å²) in [5, 5.41) is 12.5. The second-order valence-electron chi connectivity index (χ2n) is 4.11. The molecule has 5 heteroatoms. The molecule has 0 bridgehead atoms. The zero-order valence-corrected chi connectivity index (χ0v) is 9.82. The number of carbonyl (C=O) groups is 1. The van der Waals surface area contributed by atoms with Crippen LogP contribution in [0.2, 0.25) is 0 Å². The van der Waals surface area contributed by atoms with E-state index in [0.29, 0.717) is 11.4 Å². The van der Waals surface area contributed by atoms with Gasteiger partial charge in [0.05, 0.1) is 5.57 Å². The van der Waals surface area contributed by atoms with Crippen molar-refractivity contribution in [3.05, 3.63) is 47.8 Å². The maximum Gasteiger partial charge on any atom is 0.257 e. The Labute approximate surface area is 104 Å². The van der Waals surface area contributed by atoms with Gasteiger partial charge in [-0.15, -0.1) is 0 Å². The lowest BCUT2D eigenvalue weighted by molar-refractivity contribution is -0.110. The summed E-state index contributed by atoms with van der Waals surface area (Å²) in [4.78, 5) is 11.9. The van der Waals surface area contributed by atoms with Crippen LogP contribution in [0, 0.1) is 6.92 Å². The highest BCUT2D eigenvalue weighted by Gasteiger charge is 2.25. The largest absolute Gasteiger partial charge is 0.344 e. The number of rotatable bonds is 2. The zero-order valence-electron chi connectivity index (χ0n) is 9.82. The summed E-state index contributed by atoms with van der Waals surface area (Å²) in [6.07, 6.45) is 3.40. The van der Waals surface area contributed by atoms with Crippen LogP contribution in [-0.2, 0) is 4.79 Å². The van der Waals surface area contributed by atoms with E-state index in [-0.39, 0.29) is 5.91 Å². The van der Waals surface area contributed by atoms with Gasteiger partial charge in [0.2, 0.25) is 0 Å². The normalized spacial score (nSPS) is 15.6. The first kappa shape index (κ1) is 10.6. The van der Waals surface area contributed by atoms with Gasteiger partial charge in [-0.2, -0.15) is 5.10 Å². The van der Waals surface area contributed by atoms with Crippen LogP contribution in [0.25, 0.3) is 5.57 Å². The van der Waals surface area contributed by atoms with Crippen LogP contribution < -0.4 is 10.6 Å². The van der Waals surface area contributed by atoms with Gasteiger partial charge in [-0.1, -0.05) is 12.1 Å². The summed E-state index contributed by atoms with van der Waals surface area (Å²) < 4.78 is 0. The van der Waals surface area contributed by atoms with Crippen LogP contribution in [0.15, 0.2) is 36.7 Å². The number of H-pyrrole nitrogens is 1. The van der Waals surface area contributed by atoms with Gasteiger partial charge in [-0.25, -0.2) is 0 Å². The Morgan fingerprint density at radius 1 is 1.33 bits per heavy atom. The van der Waals surface area contributed by atoms with Crippen LogP contribution in [0.4, 0.5) is 11.5 Å². The van der Waals surface area contributed by atoms with E-state index in [0.717, 1.165) is 16.8 Å². The molecule has 0 aliphatic carbocycles. The highest BCUT2D eigenvalue weighted by atomic mass is 16.2. The first-order valence-corrected chi connectivity index (χ1v) is 5.63. The number of anilines is 2. The molecule has 2 aromatic rings. The smallest absolute Gasteiger partial charge is 0.257 e. The molecule has 5 nitrogen and oxygen atoms in total. The molecule has 90 valence electrons. The monoisotopic (exact) mass is 240 g/mol. The third kappa shape index (κ3) is 1.66. The number of aromatic amines is 1. The number of benzene rings is 1. The Kier molecular flexibility index (Phi) is 2.37. The molecular weight excluding hydrogens is 228 g/mol. The summed E-state index contributed by atoms with van der Waals surface area (Å²) in [6.45, 7) is 1.99. The van der Waals surface area contributed by atoms with Crippen molar-refractivity contribution < 1.29 is 4.79 Å². The van der Waals surface area contributed by atoms with E-state index in [4.69, 9.17) is 0 Å². The van der Waals surface area contributed by atoms with Crippen molar-refractivity contribution in [1.82, 2.24) is 10.2 Å². The standard InChI is InChI=1S/C13H12N4O/c1-8-3-2-4-10-12(8)9(13(18)16-10)7-14-11-5-6-15-17-11/h2-7H,1H3,(H,16,18)(H2,14,15,17)/b9-7+. The molecule has 0 saturated carbocycles. The molecule has 3 N–H and O–H groups in total. The third-order valence-electron chi connectivity index (χ3n) is 2.90. The molecule has 2 heterocycles. The number of hydrogen-bond donors (Lipinski definition) is 3. The van der Waals surface area contributed by atoms with E-state index in [2.05, 4.69) is 20.8 Å². The second-order valence-corrected chi connectivity index (χ2v) is 4.11. The van der Waals surface area contributed by atoms with Crippen LogP contribution in [0.5, 0.6) is 0 Å². The molecule has 0 saturated heterocycles. The first-order chi connectivity index (χ1) is 8.75. The Morgan fingerprint density at radius 3 is 3.00 bits per heavy atom. The fourth-order valence-corrected chi connectivity index (χ4v) is 2.06. The maximum absolute atomic E-state index is 11.9. The molecule has 1 amide bonds. The van der Waals surface area contributed by atoms with Gasteiger partial charge in [0.15, 0.2) is 5.82 Å². The average molecular weight is 240 g/mol. The van der Waals surface area contributed by atoms with Crippen LogP contribution in [0.3, 0.4) is 0 Å². The van der Waals surface area contributed by atoms with E-state index < -0.39 is 0 Å². The number of aromatic nitrogens is 2. The molecule has 1 aliphatic heterocycles. The highest BCUT2D eigenvalue weighted by molar-refractivity contribution is 6.32. The lowest BCUT2D eigenvalue weighted by Gasteiger charge is -2.02. The number of aryl methyl sites for hydroxylation is 1.